The van der Waals surface area contributed by atoms with E-state index >= 15 is 0 Å². The number of aryl methyl sites for hydroxylation is 2. The molecule has 1 atom stereocenters. The molecule has 5 heteroatoms. The first-order valence-electron chi connectivity index (χ1n) is 9.50. The summed E-state index contributed by atoms with van der Waals surface area (Å²) in [5.41, 5.74) is 3.93. The van der Waals surface area contributed by atoms with Crippen molar-refractivity contribution in [3.05, 3.63) is 69.3 Å². The summed E-state index contributed by atoms with van der Waals surface area (Å²) in [4.78, 5) is 30.4. The molecule has 1 aliphatic heterocycles. The van der Waals surface area contributed by atoms with Crippen LogP contribution in [0.15, 0.2) is 45.7 Å². The van der Waals surface area contributed by atoms with Crippen molar-refractivity contribution in [2.24, 2.45) is 0 Å². The lowest BCUT2D eigenvalue weighted by Gasteiger charge is -2.24. The SMILES string of the molecule is Cc1ccc2c(C)c(CCC(=O)N3CCC[C@H]3c3ccc[nH]3)c(=O)oc2c1. The molecule has 27 heavy (non-hydrogen) atoms. The van der Waals surface area contributed by atoms with Crippen LogP contribution in [-0.4, -0.2) is 22.3 Å². The molecule has 0 bridgehead atoms. The van der Waals surface area contributed by atoms with Crippen LogP contribution in [0, 0.1) is 13.8 Å². The van der Waals surface area contributed by atoms with E-state index in [9.17, 15) is 9.59 Å². The number of fused-ring (bicyclic) bond motifs is 1. The first-order valence-corrected chi connectivity index (χ1v) is 9.50. The Kier molecular flexibility index (Phi) is 4.60. The Bertz CT molecular complexity index is 1030. The van der Waals surface area contributed by atoms with Gasteiger partial charge in [-0.3, -0.25) is 4.79 Å². The fraction of sp³-hybridized carbons (Fsp3) is 0.364. The molecule has 1 amide bonds. The van der Waals surface area contributed by atoms with Gasteiger partial charge in [-0.15, -0.1) is 0 Å². The standard InChI is InChI=1S/C22H24N2O3/c1-14-7-8-16-15(2)17(22(26)27-20(16)13-14)9-10-21(25)24-12-4-6-19(24)18-5-3-11-23-18/h3,5,7-8,11,13,19,23H,4,6,9-10,12H2,1-2H3/t19-/m0/s1. The molecular formula is C22H24N2O3. The van der Waals surface area contributed by atoms with Crippen molar-refractivity contribution in [1.82, 2.24) is 9.88 Å². The summed E-state index contributed by atoms with van der Waals surface area (Å²) in [6.45, 7) is 4.68. The minimum Gasteiger partial charge on any atom is -0.423 e. The van der Waals surface area contributed by atoms with Crippen LogP contribution in [0.3, 0.4) is 0 Å². The van der Waals surface area contributed by atoms with Gasteiger partial charge in [-0.1, -0.05) is 12.1 Å². The number of hydrogen-bond donors (Lipinski definition) is 1. The van der Waals surface area contributed by atoms with Gasteiger partial charge in [-0.2, -0.15) is 0 Å². The Morgan fingerprint density at radius 3 is 2.93 bits per heavy atom. The van der Waals surface area contributed by atoms with Crippen LogP contribution in [-0.2, 0) is 11.2 Å². The molecule has 1 saturated heterocycles. The Hall–Kier alpha value is -2.82. The second-order valence-corrected chi connectivity index (χ2v) is 7.36. The Morgan fingerprint density at radius 1 is 1.30 bits per heavy atom. The molecule has 1 fully saturated rings. The summed E-state index contributed by atoms with van der Waals surface area (Å²) in [6.07, 6.45) is 4.60. The molecule has 1 aromatic carbocycles. The highest BCUT2D eigenvalue weighted by atomic mass is 16.4. The third-order valence-corrected chi connectivity index (χ3v) is 5.59. The molecule has 5 nitrogen and oxygen atoms in total. The minimum absolute atomic E-state index is 0.0925. The van der Waals surface area contributed by atoms with Gasteiger partial charge < -0.3 is 14.3 Å². The molecule has 0 radical (unpaired) electrons. The summed E-state index contributed by atoms with van der Waals surface area (Å²) >= 11 is 0. The number of H-pyrrole nitrogens is 1. The lowest BCUT2D eigenvalue weighted by atomic mass is 10.0. The molecular weight excluding hydrogens is 340 g/mol. The number of carbonyl (C=O) groups excluding carboxylic acids is 1. The van der Waals surface area contributed by atoms with E-state index in [4.69, 9.17) is 4.42 Å². The van der Waals surface area contributed by atoms with E-state index in [-0.39, 0.29) is 17.6 Å². The van der Waals surface area contributed by atoms with Crippen molar-refractivity contribution >= 4 is 16.9 Å². The van der Waals surface area contributed by atoms with Gasteiger partial charge in [0.05, 0.1) is 6.04 Å². The van der Waals surface area contributed by atoms with Gasteiger partial charge >= 0.3 is 5.63 Å². The molecule has 0 spiro atoms. The van der Waals surface area contributed by atoms with E-state index in [0.29, 0.717) is 24.0 Å². The van der Waals surface area contributed by atoms with Crippen LogP contribution in [0.1, 0.15) is 47.7 Å². The Labute approximate surface area is 158 Å². The van der Waals surface area contributed by atoms with Crippen molar-refractivity contribution in [1.29, 1.82) is 0 Å². The maximum Gasteiger partial charge on any atom is 0.339 e. The third kappa shape index (κ3) is 3.29. The fourth-order valence-corrected chi connectivity index (χ4v) is 4.11. The van der Waals surface area contributed by atoms with Crippen molar-refractivity contribution in [2.45, 2.75) is 45.6 Å². The number of rotatable bonds is 4. The van der Waals surface area contributed by atoms with Crippen LogP contribution in [0.5, 0.6) is 0 Å². The van der Waals surface area contributed by atoms with Gasteiger partial charge in [-0.05, 0) is 62.4 Å². The zero-order valence-electron chi connectivity index (χ0n) is 15.7. The molecule has 140 valence electrons. The normalized spacial score (nSPS) is 17.0. The predicted molar refractivity (Wildman–Crippen MR) is 105 cm³/mol. The average molecular weight is 364 g/mol. The molecule has 1 aliphatic rings. The minimum atomic E-state index is -0.333. The largest absolute Gasteiger partial charge is 0.423 e. The topological polar surface area (TPSA) is 66.3 Å². The molecule has 1 N–H and O–H groups in total. The van der Waals surface area contributed by atoms with Crippen LogP contribution in [0.25, 0.3) is 11.0 Å². The van der Waals surface area contributed by atoms with Gasteiger partial charge in [0.1, 0.15) is 5.58 Å². The van der Waals surface area contributed by atoms with E-state index in [1.54, 1.807) is 0 Å². The molecule has 0 aliphatic carbocycles. The summed E-state index contributed by atoms with van der Waals surface area (Å²) in [6, 6.07) is 9.97. The zero-order valence-corrected chi connectivity index (χ0v) is 15.7. The second-order valence-electron chi connectivity index (χ2n) is 7.36. The van der Waals surface area contributed by atoms with Gasteiger partial charge in [0.15, 0.2) is 0 Å². The highest BCUT2D eigenvalue weighted by Crippen LogP contribution is 2.31. The number of nitrogens with one attached hydrogen (secondary N) is 1. The number of carbonyl (C=O) groups is 1. The quantitative estimate of drug-likeness (QED) is 0.711. The third-order valence-electron chi connectivity index (χ3n) is 5.59. The predicted octanol–water partition coefficient (Wildman–Crippen LogP) is 4.03. The summed E-state index contributed by atoms with van der Waals surface area (Å²) < 4.78 is 5.51. The lowest BCUT2D eigenvalue weighted by molar-refractivity contribution is -0.132. The molecule has 3 aromatic rings. The number of likely N-dealkylation sites (tertiary alicyclic amines) is 1. The highest BCUT2D eigenvalue weighted by molar-refractivity contribution is 5.82. The van der Waals surface area contributed by atoms with E-state index < -0.39 is 0 Å². The number of aromatic nitrogens is 1. The number of nitrogens with zero attached hydrogens (tertiary/aromatic N) is 1. The Balaban J connectivity index is 1.54. The summed E-state index contributed by atoms with van der Waals surface area (Å²) in [5.74, 6) is 0.0925. The van der Waals surface area contributed by atoms with Gasteiger partial charge in [-0.25, -0.2) is 4.79 Å². The van der Waals surface area contributed by atoms with Gasteiger partial charge in [0.2, 0.25) is 5.91 Å². The van der Waals surface area contributed by atoms with Crippen LogP contribution >= 0.6 is 0 Å². The molecule has 3 heterocycles. The van der Waals surface area contributed by atoms with E-state index in [0.717, 1.165) is 41.6 Å². The summed E-state index contributed by atoms with van der Waals surface area (Å²) in [7, 11) is 0. The van der Waals surface area contributed by atoms with E-state index in [1.807, 2.05) is 55.3 Å². The van der Waals surface area contributed by atoms with Crippen molar-refractivity contribution in [3.63, 3.8) is 0 Å². The average Bonchev–Trinajstić information content (AvgIpc) is 3.32. The second kappa shape index (κ2) is 7.06. The molecule has 4 rings (SSSR count). The van der Waals surface area contributed by atoms with Crippen LogP contribution in [0.4, 0.5) is 0 Å². The number of amides is 1. The summed E-state index contributed by atoms with van der Waals surface area (Å²) in [5, 5.41) is 0.938. The maximum absolute atomic E-state index is 12.8. The molecule has 0 unspecified atom stereocenters. The van der Waals surface area contributed by atoms with Crippen LogP contribution < -0.4 is 5.63 Å². The number of hydrogen-bond acceptors (Lipinski definition) is 3. The molecule has 2 aromatic heterocycles. The fourth-order valence-electron chi connectivity index (χ4n) is 4.11. The lowest BCUT2D eigenvalue weighted by Crippen LogP contribution is -2.31. The number of aromatic amines is 1. The first kappa shape index (κ1) is 17.6. The van der Waals surface area contributed by atoms with E-state index in [1.165, 1.54) is 0 Å². The Morgan fingerprint density at radius 2 is 2.15 bits per heavy atom. The highest BCUT2D eigenvalue weighted by Gasteiger charge is 2.30. The first-order chi connectivity index (χ1) is 13.0. The van der Waals surface area contributed by atoms with Gasteiger partial charge in [0.25, 0.3) is 0 Å². The van der Waals surface area contributed by atoms with Gasteiger partial charge in [0, 0.05) is 35.8 Å². The van der Waals surface area contributed by atoms with E-state index in [2.05, 4.69) is 4.98 Å². The molecule has 0 saturated carbocycles. The van der Waals surface area contributed by atoms with Crippen molar-refractivity contribution in [2.75, 3.05) is 6.54 Å². The monoisotopic (exact) mass is 364 g/mol. The maximum atomic E-state index is 12.8. The van der Waals surface area contributed by atoms with Crippen molar-refractivity contribution in [3.8, 4) is 0 Å². The smallest absolute Gasteiger partial charge is 0.339 e. The van der Waals surface area contributed by atoms with Crippen molar-refractivity contribution < 1.29 is 9.21 Å². The zero-order chi connectivity index (χ0) is 19.0. The number of benzene rings is 1. The van der Waals surface area contributed by atoms with Crippen LogP contribution in [0.2, 0.25) is 0 Å².